The fourth-order valence-electron chi connectivity index (χ4n) is 10.9. The van der Waals surface area contributed by atoms with Crippen molar-refractivity contribution in [1.29, 1.82) is 0 Å². The molecule has 4 aromatic carbocycles. The molecule has 368 valence electrons. The number of sulfone groups is 2. The standard InChI is InChI=1S/C56H74N2O8S2/c1-5-9-35-55(7-3)39-67(63,64)47-33-31-43(37-45(47)51(53(55)61)41-25-19-17-20-26-41)57-49(59)29-23-15-13-11-12-14-16-24-30-50(60)58-44-32-34-48-46(38-44)52(42-27-21-18-22-28-42)54(62)56(8-4,36-10-6-2)40-68(48,65)66/h17-21,25-27,31-34,37-38,51-54,61-62H,5-16,23-24,29-30,35-36,39-40H2,1-4H3,(H,57,59)(H,58,60)/t51-,52-,53-,54-,55-,56-/m1/s1. The van der Waals surface area contributed by atoms with Gasteiger partial charge in [-0.25, -0.2) is 16.8 Å². The molecule has 2 amide bonds. The van der Waals surface area contributed by atoms with Crippen LogP contribution in [0.25, 0.3) is 0 Å². The zero-order valence-electron chi connectivity index (χ0n) is 40.7. The van der Waals surface area contributed by atoms with Crippen LogP contribution in [0.4, 0.5) is 11.4 Å². The molecule has 68 heavy (non-hydrogen) atoms. The third-order valence-electron chi connectivity index (χ3n) is 15.0. The molecule has 0 unspecified atom stereocenters. The van der Waals surface area contributed by atoms with Gasteiger partial charge in [0, 0.05) is 52.4 Å². The molecule has 0 saturated heterocycles. The van der Waals surface area contributed by atoms with Crippen molar-refractivity contribution in [3.05, 3.63) is 119 Å². The molecule has 12 heteroatoms. The quantitative estimate of drug-likeness (QED) is 0.0533. The topological polar surface area (TPSA) is 167 Å². The van der Waals surface area contributed by atoms with Gasteiger partial charge in [-0.3, -0.25) is 9.59 Å². The van der Waals surface area contributed by atoms with Crippen LogP contribution in [0.3, 0.4) is 0 Å². The van der Waals surface area contributed by atoms with Crippen LogP contribution in [-0.2, 0) is 29.3 Å². The monoisotopic (exact) mass is 966 g/mol. The van der Waals surface area contributed by atoms with E-state index in [1.165, 1.54) is 0 Å². The predicted octanol–water partition coefficient (Wildman–Crippen LogP) is 11.5. The summed E-state index contributed by atoms with van der Waals surface area (Å²) in [4.78, 5) is 26.7. The lowest BCUT2D eigenvalue weighted by molar-refractivity contribution is -0.117. The highest BCUT2D eigenvalue weighted by Crippen LogP contribution is 2.51. The number of nitrogens with one attached hydrogen (secondary N) is 2. The summed E-state index contributed by atoms with van der Waals surface area (Å²) in [6, 6.07) is 31.1. The smallest absolute Gasteiger partial charge is 0.224 e. The van der Waals surface area contributed by atoms with Crippen molar-refractivity contribution in [3.8, 4) is 0 Å². The molecule has 0 aromatic heterocycles. The maximum atomic E-state index is 14.0. The third kappa shape index (κ3) is 12.4. The molecule has 0 bridgehead atoms. The van der Waals surface area contributed by atoms with E-state index in [2.05, 4.69) is 36.6 Å². The summed E-state index contributed by atoms with van der Waals surface area (Å²) in [6.45, 7) is 8.06. The zero-order valence-corrected chi connectivity index (χ0v) is 42.3. The van der Waals surface area contributed by atoms with Gasteiger partial charge in [0.15, 0.2) is 19.7 Å². The number of fused-ring (bicyclic) bond motifs is 2. The van der Waals surface area contributed by atoms with Crippen LogP contribution in [0.2, 0.25) is 0 Å². The Labute approximate surface area is 407 Å². The first-order valence-corrected chi connectivity index (χ1v) is 28.6. The van der Waals surface area contributed by atoms with Gasteiger partial charge in [0.2, 0.25) is 11.8 Å². The van der Waals surface area contributed by atoms with E-state index in [4.69, 9.17) is 0 Å². The minimum Gasteiger partial charge on any atom is -0.392 e. The molecule has 0 fully saturated rings. The van der Waals surface area contributed by atoms with E-state index in [-0.39, 0.29) is 33.1 Å². The Kier molecular flexibility index (Phi) is 18.5. The predicted molar refractivity (Wildman–Crippen MR) is 271 cm³/mol. The molecule has 0 spiro atoms. The van der Waals surface area contributed by atoms with Gasteiger partial charge in [-0.15, -0.1) is 0 Å². The number of aliphatic hydroxyl groups excluding tert-OH is 2. The van der Waals surface area contributed by atoms with Gasteiger partial charge < -0.3 is 20.8 Å². The first kappa shape index (κ1) is 52.8. The minimum atomic E-state index is -3.75. The van der Waals surface area contributed by atoms with Gasteiger partial charge in [-0.05, 0) is 104 Å². The molecule has 6 rings (SSSR count). The maximum absolute atomic E-state index is 14.0. The van der Waals surface area contributed by atoms with Crippen molar-refractivity contribution in [1.82, 2.24) is 0 Å². The van der Waals surface area contributed by atoms with Crippen molar-refractivity contribution < 1.29 is 36.6 Å². The summed E-state index contributed by atoms with van der Waals surface area (Å²) in [6.07, 6.45) is 11.7. The largest absolute Gasteiger partial charge is 0.392 e. The second-order valence-corrected chi connectivity index (χ2v) is 23.5. The Morgan fingerprint density at radius 1 is 0.588 bits per heavy atom. The van der Waals surface area contributed by atoms with Crippen LogP contribution in [0.5, 0.6) is 0 Å². The molecular formula is C56H74N2O8S2. The molecule has 4 aromatic rings. The number of rotatable bonds is 23. The summed E-state index contributed by atoms with van der Waals surface area (Å²) < 4.78 is 55.9. The van der Waals surface area contributed by atoms with Gasteiger partial charge in [-0.2, -0.15) is 0 Å². The number of unbranched alkanes of at least 4 members (excludes halogenated alkanes) is 9. The van der Waals surface area contributed by atoms with Crippen molar-refractivity contribution >= 4 is 42.9 Å². The number of anilines is 2. The van der Waals surface area contributed by atoms with Gasteiger partial charge in [0.25, 0.3) is 0 Å². The van der Waals surface area contributed by atoms with Crippen LogP contribution >= 0.6 is 0 Å². The van der Waals surface area contributed by atoms with Crippen molar-refractivity contribution in [3.63, 3.8) is 0 Å². The number of amides is 2. The highest BCUT2D eigenvalue weighted by Gasteiger charge is 2.50. The summed E-state index contributed by atoms with van der Waals surface area (Å²) in [5.74, 6) is -1.75. The molecular weight excluding hydrogens is 893 g/mol. The van der Waals surface area contributed by atoms with Crippen LogP contribution in [-0.4, -0.2) is 62.6 Å². The minimum absolute atomic E-state index is 0.118. The SMILES string of the molecule is CCCC[C@]1(CC)CS(=O)(=O)c2ccc(NC(=O)CCCCCCCCCCC(=O)Nc3ccc4c(c3)[C@@H](c3ccccc3)[C@@H](O)[C@](CC)(CCCC)CS4(=O)=O)cc2[C@@H](c2c#cccc2)[C@H]1O. The Bertz CT molecular complexity index is 2340. The Morgan fingerprint density at radius 3 is 1.49 bits per heavy atom. The zero-order chi connectivity index (χ0) is 49.0. The van der Waals surface area contributed by atoms with Crippen LogP contribution in [0, 0.1) is 23.0 Å². The van der Waals surface area contributed by atoms with E-state index in [1.54, 1.807) is 42.5 Å². The Morgan fingerprint density at radius 2 is 1.04 bits per heavy atom. The van der Waals surface area contributed by atoms with Gasteiger partial charge in [-0.1, -0.05) is 140 Å². The second kappa shape index (κ2) is 23.9. The highest BCUT2D eigenvalue weighted by molar-refractivity contribution is 7.91. The number of carbonyl (C=O) groups is 2. The summed E-state index contributed by atoms with van der Waals surface area (Å²) in [5, 5.41) is 30.2. The first-order chi connectivity index (χ1) is 32.6. The molecule has 2 heterocycles. The maximum Gasteiger partial charge on any atom is 0.224 e. The fourth-order valence-corrected chi connectivity index (χ4v) is 15.4. The first-order valence-electron chi connectivity index (χ1n) is 25.3. The molecule has 2 aliphatic rings. The van der Waals surface area contributed by atoms with E-state index < -0.39 is 54.5 Å². The van der Waals surface area contributed by atoms with Crippen LogP contribution < -0.4 is 10.6 Å². The molecule has 4 N–H and O–H groups in total. The molecule has 10 nitrogen and oxygen atoms in total. The van der Waals surface area contributed by atoms with Crippen molar-refractivity contribution in [2.24, 2.45) is 10.8 Å². The fraction of sp³-hybridized carbons (Fsp3) is 0.536. The Balaban J connectivity index is 0.958. The highest BCUT2D eigenvalue weighted by atomic mass is 32.2. The van der Waals surface area contributed by atoms with E-state index in [0.717, 1.165) is 82.6 Å². The van der Waals surface area contributed by atoms with E-state index >= 15 is 0 Å². The lowest BCUT2D eigenvalue weighted by atomic mass is 9.69. The molecule has 0 radical (unpaired) electrons. The second-order valence-electron chi connectivity index (χ2n) is 19.6. The normalized spacial score (nSPS) is 23.8. The molecule has 0 saturated carbocycles. The van der Waals surface area contributed by atoms with Crippen LogP contribution in [0.1, 0.15) is 177 Å². The number of hydrogen-bond acceptors (Lipinski definition) is 8. The average Bonchev–Trinajstić information content (AvgIpc) is 3.44. The number of aliphatic hydroxyl groups is 2. The number of carbonyl (C=O) groups excluding carboxylic acids is 2. The molecule has 6 atom stereocenters. The summed E-state index contributed by atoms with van der Waals surface area (Å²) in [5.41, 5.74) is 1.90. The number of benzene rings is 3. The summed E-state index contributed by atoms with van der Waals surface area (Å²) in [7, 11) is -7.48. The van der Waals surface area contributed by atoms with E-state index in [0.29, 0.717) is 66.6 Å². The van der Waals surface area contributed by atoms with E-state index in [1.807, 2.05) is 56.3 Å². The van der Waals surface area contributed by atoms with E-state index in [9.17, 15) is 36.6 Å². The van der Waals surface area contributed by atoms with Gasteiger partial charge in [0.1, 0.15) is 0 Å². The molecule has 0 aliphatic carbocycles. The number of hydrogen-bond donors (Lipinski definition) is 4. The average molecular weight is 967 g/mol. The lowest BCUT2D eigenvalue weighted by Crippen LogP contribution is -2.42. The Hall–Kier alpha value is -4.54. The molecule has 2 aliphatic heterocycles. The van der Waals surface area contributed by atoms with Crippen molar-refractivity contribution in [2.75, 3.05) is 22.1 Å². The third-order valence-corrected chi connectivity index (χ3v) is 19.0. The van der Waals surface area contributed by atoms with Gasteiger partial charge in [0.05, 0.1) is 33.5 Å². The lowest BCUT2D eigenvalue weighted by Gasteiger charge is -2.39. The van der Waals surface area contributed by atoms with Gasteiger partial charge >= 0.3 is 0 Å². The summed E-state index contributed by atoms with van der Waals surface area (Å²) >= 11 is 0. The van der Waals surface area contributed by atoms with Crippen LogP contribution in [0.15, 0.2) is 94.7 Å². The van der Waals surface area contributed by atoms with Crippen molar-refractivity contribution in [2.45, 2.75) is 177 Å².